The monoisotopic (exact) mass is 212 g/mol. The largest absolute Gasteiger partial charge is 0.381 e. The summed E-state index contributed by atoms with van der Waals surface area (Å²) in [7, 11) is 1.78. The van der Waals surface area contributed by atoms with Gasteiger partial charge in [0.05, 0.1) is 5.75 Å². The molecule has 0 aromatic carbocycles. The van der Waals surface area contributed by atoms with Crippen molar-refractivity contribution in [1.29, 1.82) is 0 Å². The minimum absolute atomic E-state index is 0.0883. The summed E-state index contributed by atoms with van der Waals surface area (Å²) in [5.41, 5.74) is 0. The Labute approximate surface area is 77.5 Å². The van der Waals surface area contributed by atoms with Crippen LogP contribution in [0, 0.1) is 5.92 Å². The molecule has 0 bridgehead atoms. The van der Waals surface area contributed by atoms with E-state index in [-0.39, 0.29) is 5.75 Å². The number of hydrogen-bond acceptors (Lipinski definition) is 3. The molecule has 5 heteroatoms. The lowest BCUT2D eigenvalue weighted by molar-refractivity contribution is 0.184. The molecule has 0 aromatic heterocycles. The van der Waals surface area contributed by atoms with Gasteiger partial charge in [0.2, 0.25) is 9.05 Å². The lowest BCUT2D eigenvalue weighted by atomic mass is 10.0. The molecule has 72 valence electrons. The molecule has 0 saturated carbocycles. The van der Waals surface area contributed by atoms with Crippen LogP contribution in [0.1, 0.15) is 19.3 Å². The summed E-state index contributed by atoms with van der Waals surface area (Å²) in [6, 6.07) is 0. The first-order chi connectivity index (χ1) is 5.58. The van der Waals surface area contributed by atoms with Crippen LogP contribution in [0.2, 0.25) is 0 Å². The minimum Gasteiger partial charge on any atom is -0.381 e. The Morgan fingerprint density at radius 3 is 2.75 bits per heavy atom. The predicted octanol–water partition coefficient (Wildman–Crippen LogP) is 1.37. The molecule has 1 fully saturated rings. The van der Waals surface area contributed by atoms with Gasteiger partial charge < -0.3 is 4.74 Å². The fourth-order valence-corrected chi connectivity index (χ4v) is 2.19. The van der Waals surface area contributed by atoms with Crippen molar-refractivity contribution < 1.29 is 13.2 Å². The summed E-state index contributed by atoms with van der Waals surface area (Å²) in [6.07, 6.45) is 2.62. The molecular formula is C7H13ClO3S. The highest BCUT2D eigenvalue weighted by molar-refractivity contribution is 8.13. The molecule has 0 unspecified atom stereocenters. The first-order valence-electron chi connectivity index (χ1n) is 4.08. The van der Waals surface area contributed by atoms with Crippen molar-refractivity contribution in [1.82, 2.24) is 0 Å². The van der Waals surface area contributed by atoms with Crippen molar-refractivity contribution in [2.24, 2.45) is 5.92 Å². The van der Waals surface area contributed by atoms with Crippen LogP contribution in [0.5, 0.6) is 0 Å². The van der Waals surface area contributed by atoms with Gasteiger partial charge in [0.25, 0.3) is 0 Å². The van der Waals surface area contributed by atoms with Crippen molar-refractivity contribution in [3.8, 4) is 0 Å². The Kier molecular flexibility index (Phi) is 3.80. The van der Waals surface area contributed by atoms with Gasteiger partial charge in [-0.25, -0.2) is 8.42 Å². The molecule has 1 atom stereocenters. The third kappa shape index (κ3) is 4.28. The van der Waals surface area contributed by atoms with Crippen LogP contribution < -0.4 is 0 Å². The predicted molar refractivity (Wildman–Crippen MR) is 47.8 cm³/mol. The lowest BCUT2D eigenvalue weighted by Crippen LogP contribution is -2.03. The van der Waals surface area contributed by atoms with E-state index >= 15 is 0 Å². The van der Waals surface area contributed by atoms with Gasteiger partial charge in [0.15, 0.2) is 0 Å². The minimum atomic E-state index is -3.28. The van der Waals surface area contributed by atoms with Crippen LogP contribution in [0.25, 0.3) is 0 Å². The molecule has 0 spiro atoms. The van der Waals surface area contributed by atoms with Gasteiger partial charge in [-0.2, -0.15) is 0 Å². The van der Waals surface area contributed by atoms with Crippen LogP contribution in [0.4, 0.5) is 0 Å². The number of rotatable bonds is 4. The molecule has 1 aliphatic rings. The Morgan fingerprint density at radius 1 is 1.50 bits per heavy atom. The topological polar surface area (TPSA) is 43.4 Å². The molecule has 3 nitrogen and oxygen atoms in total. The summed E-state index contributed by atoms with van der Waals surface area (Å²) in [5.74, 6) is 0.633. The fourth-order valence-electron chi connectivity index (χ4n) is 1.36. The third-order valence-corrected chi connectivity index (χ3v) is 3.26. The van der Waals surface area contributed by atoms with Crippen molar-refractivity contribution in [3.63, 3.8) is 0 Å². The summed E-state index contributed by atoms with van der Waals surface area (Å²) >= 11 is 0. The molecule has 1 heterocycles. The van der Waals surface area contributed by atoms with Gasteiger partial charge in [-0.05, 0) is 25.2 Å². The molecule has 0 aromatic rings. The lowest BCUT2D eigenvalue weighted by Gasteiger charge is -2.04. The first-order valence-corrected chi connectivity index (χ1v) is 6.56. The molecule has 1 saturated heterocycles. The maximum atomic E-state index is 10.5. The second-order valence-electron chi connectivity index (χ2n) is 3.11. The Morgan fingerprint density at radius 2 is 2.25 bits per heavy atom. The average Bonchev–Trinajstić information content (AvgIpc) is 2.36. The first kappa shape index (κ1) is 10.3. The zero-order chi connectivity index (χ0) is 9.03. The molecule has 0 aliphatic carbocycles. The molecule has 0 N–H and O–H groups in total. The number of hydrogen-bond donors (Lipinski definition) is 0. The normalized spacial score (nSPS) is 24.6. The van der Waals surface area contributed by atoms with Gasteiger partial charge in [-0.15, -0.1) is 0 Å². The molecule has 0 amide bonds. The van der Waals surface area contributed by atoms with Crippen LogP contribution in [0.15, 0.2) is 0 Å². The summed E-state index contributed by atoms with van der Waals surface area (Å²) in [6.45, 7) is 1.60. The summed E-state index contributed by atoms with van der Waals surface area (Å²) < 4.78 is 26.2. The SMILES string of the molecule is O=S(=O)(Cl)CCC[C@H]1CCOC1. The van der Waals surface area contributed by atoms with Crippen LogP contribution >= 0.6 is 10.7 Å². The van der Waals surface area contributed by atoms with Gasteiger partial charge in [-0.1, -0.05) is 0 Å². The summed E-state index contributed by atoms with van der Waals surface area (Å²) in [5, 5.41) is 0. The second-order valence-corrected chi connectivity index (χ2v) is 6.01. The van der Waals surface area contributed by atoms with E-state index < -0.39 is 9.05 Å². The van der Waals surface area contributed by atoms with E-state index in [4.69, 9.17) is 15.4 Å². The Hall–Kier alpha value is 0.200. The van der Waals surface area contributed by atoms with Gasteiger partial charge in [0.1, 0.15) is 0 Å². The maximum Gasteiger partial charge on any atom is 0.232 e. The standard InChI is InChI=1S/C7H13ClO3S/c8-12(9,10)5-1-2-7-3-4-11-6-7/h7H,1-6H2/t7-/m0/s1. The van der Waals surface area contributed by atoms with E-state index in [9.17, 15) is 8.42 Å². The van der Waals surface area contributed by atoms with E-state index in [0.717, 1.165) is 26.1 Å². The van der Waals surface area contributed by atoms with Crippen molar-refractivity contribution in [2.75, 3.05) is 19.0 Å². The zero-order valence-electron chi connectivity index (χ0n) is 6.83. The molecule has 1 aliphatic heterocycles. The van der Waals surface area contributed by atoms with Gasteiger partial charge in [0, 0.05) is 23.9 Å². The molecular weight excluding hydrogens is 200 g/mol. The van der Waals surface area contributed by atoms with Gasteiger partial charge in [-0.3, -0.25) is 0 Å². The molecule has 12 heavy (non-hydrogen) atoms. The second kappa shape index (κ2) is 4.44. The van der Waals surface area contributed by atoms with Crippen molar-refractivity contribution >= 4 is 19.7 Å². The highest BCUT2D eigenvalue weighted by Gasteiger charge is 2.16. The number of ether oxygens (including phenoxy) is 1. The Bertz CT molecular complexity index is 219. The van der Waals surface area contributed by atoms with Crippen LogP contribution in [-0.4, -0.2) is 27.4 Å². The Balaban J connectivity index is 2.09. The van der Waals surface area contributed by atoms with Gasteiger partial charge >= 0.3 is 0 Å². The van der Waals surface area contributed by atoms with E-state index in [2.05, 4.69) is 0 Å². The average molecular weight is 213 g/mol. The van der Waals surface area contributed by atoms with Crippen molar-refractivity contribution in [3.05, 3.63) is 0 Å². The van der Waals surface area contributed by atoms with E-state index in [1.54, 1.807) is 0 Å². The van der Waals surface area contributed by atoms with Crippen LogP contribution in [0.3, 0.4) is 0 Å². The van der Waals surface area contributed by atoms with E-state index in [1.165, 1.54) is 0 Å². The highest BCUT2D eigenvalue weighted by Crippen LogP contribution is 2.18. The quantitative estimate of drug-likeness (QED) is 0.662. The van der Waals surface area contributed by atoms with Crippen LogP contribution in [-0.2, 0) is 13.8 Å². The van der Waals surface area contributed by atoms with E-state index in [0.29, 0.717) is 12.3 Å². The maximum absolute atomic E-state index is 10.5. The fraction of sp³-hybridized carbons (Fsp3) is 1.00. The zero-order valence-corrected chi connectivity index (χ0v) is 8.40. The highest BCUT2D eigenvalue weighted by atomic mass is 35.7. The van der Waals surface area contributed by atoms with Crippen molar-refractivity contribution in [2.45, 2.75) is 19.3 Å². The van der Waals surface area contributed by atoms with E-state index in [1.807, 2.05) is 0 Å². The third-order valence-electron chi connectivity index (χ3n) is 2.02. The number of halogens is 1. The smallest absolute Gasteiger partial charge is 0.232 e. The molecule has 1 rings (SSSR count). The summed E-state index contributed by atoms with van der Waals surface area (Å²) in [4.78, 5) is 0. The molecule has 0 radical (unpaired) electrons.